The molecule has 0 aliphatic heterocycles. The van der Waals surface area contributed by atoms with Gasteiger partial charge in [0.25, 0.3) is 0 Å². The van der Waals surface area contributed by atoms with Gasteiger partial charge in [0, 0.05) is 32.7 Å². The highest BCUT2D eigenvalue weighted by molar-refractivity contribution is 5.87. The minimum atomic E-state index is -0.927. The fourth-order valence-electron chi connectivity index (χ4n) is 1.34. The second-order valence-corrected chi connectivity index (χ2v) is 3.14. The first-order chi connectivity index (χ1) is 7.19. The van der Waals surface area contributed by atoms with Crippen molar-refractivity contribution in [3.63, 3.8) is 0 Å². The fourth-order valence-corrected chi connectivity index (χ4v) is 1.34. The first kappa shape index (κ1) is 11.7. The number of ether oxygens (including phenoxy) is 2. The van der Waals surface area contributed by atoms with Gasteiger partial charge in [0.1, 0.15) is 0 Å². The largest absolute Gasteiger partial charge is 0.478 e. The van der Waals surface area contributed by atoms with Crippen LogP contribution < -0.4 is 0 Å². The van der Waals surface area contributed by atoms with Crippen molar-refractivity contribution in [2.75, 3.05) is 20.8 Å². The van der Waals surface area contributed by atoms with E-state index < -0.39 is 5.97 Å². The summed E-state index contributed by atoms with van der Waals surface area (Å²) in [5.41, 5.74) is 1.12. The summed E-state index contributed by atoms with van der Waals surface area (Å²) in [5.74, 6) is -0.927. The summed E-state index contributed by atoms with van der Waals surface area (Å²) < 4.78 is 11.8. The summed E-state index contributed by atoms with van der Waals surface area (Å²) in [6, 6.07) is 1.61. The van der Waals surface area contributed by atoms with Crippen LogP contribution in [0.25, 0.3) is 0 Å². The van der Waals surface area contributed by atoms with Gasteiger partial charge >= 0.3 is 5.97 Å². The second kappa shape index (κ2) is 5.53. The highest BCUT2D eigenvalue weighted by Gasteiger charge is 2.10. The average molecular weight is 213 g/mol. The average Bonchev–Trinajstić information content (AvgIpc) is 2.59. The molecule has 0 saturated carbocycles. The zero-order chi connectivity index (χ0) is 11.3. The van der Waals surface area contributed by atoms with Crippen molar-refractivity contribution in [3.8, 4) is 0 Å². The Kier molecular flexibility index (Phi) is 4.33. The van der Waals surface area contributed by atoms with Gasteiger partial charge in [-0.3, -0.25) is 0 Å². The molecule has 0 fully saturated rings. The first-order valence-electron chi connectivity index (χ1n) is 4.59. The molecule has 1 heterocycles. The Labute approximate surface area is 88.2 Å². The first-order valence-corrected chi connectivity index (χ1v) is 4.59. The van der Waals surface area contributed by atoms with Crippen molar-refractivity contribution < 1.29 is 19.4 Å². The van der Waals surface area contributed by atoms with E-state index in [0.29, 0.717) is 19.8 Å². The number of hydrogen-bond acceptors (Lipinski definition) is 3. The third-order valence-corrected chi connectivity index (χ3v) is 2.06. The molecule has 0 aliphatic rings. The van der Waals surface area contributed by atoms with Gasteiger partial charge in [-0.2, -0.15) is 0 Å². The summed E-state index contributed by atoms with van der Waals surface area (Å²) >= 11 is 0. The molecule has 1 aromatic rings. The third-order valence-electron chi connectivity index (χ3n) is 2.06. The molecule has 0 atom stereocenters. The maximum absolute atomic E-state index is 10.8. The lowest BCUT2D eigenvalue weighted by molar-refractivity contribution is 0.0696. The molecule has 1 N–H and O–H groups in total. The minimum Gasteiger partial charge on any atom is -0.478 e. The van der Waals surface area contributed by atoms with Crippen LogP contribution >= 0.6 is 0 Å². The summed E-state index contributed by atoms with van der Waals surface area (Å²) in [7, 11) is 3.19. The molecular weight excluding hydrogens is 198 g/mol. The van der Waals surface area contributed by atoms with Crippen LogP contribution in [0.1, 0.15) is 16.1 Å². The smallest absolute Gasteiger partial charge is 0.337 e. The Morgan fingerprint density at radius 1 is 1.47 bits per heavy atom. The number of aromatic carboxylic acids is 1. The van der Waals surface area contributed by atoms with Gasteiger partial charge in [0.2, 0.25) is 0 Å². The second-order valence-electron chi connectivity index (χ2n) is 3.14. The number of methoxy groups -OCH3 is 2. The van der Waals surface area contributed by atoms with Gasteiger partial charge in [-0.15, -0.1) is 0 Å². The molecule has 0 bridgehead atoms. The van der Waals surface area contributed by atoms with Gasteiger partial charge < -0.3 is 19.1 Å². The predicted molar refractivity (Wildman–Crippen MR) is 54.0 cm³/mol. The summed E-state index contributed by atoms with van der Waals surface area (Å²) in [4.78, 5) is 10.8. The lowest BCUT2D eigenvalue weighted by atomic mass is 10.3. The predicted octanol–water partition coefficient (Wildman–Crippen LogP) is 0.979. The maximum Gasteiger partial charge on any atom is 0.337 e. The SMILES string of the molecule is COCCn1cc(C(=O)O)cc1COC. The molecule has 1 rings (SSSR count). The topological polar surface area (TPSA) is 60.7 Å². The number of rotatable bonds is 6. The molecule has 0 unspecified atom stereocenters. The molecule has 5 heteroatoms. The van der Waals surface area contributed by atoms with Crippen molar-refractivity contribution in [1.82, 2.24) is 4.57 Å². The zero-order valence-corrected chi connectivity index (χ0v) is 8.90. The summed E-state index contributed by atoms with van der Waals surface area (Å²) in [6.45, 7) is 1.57. The van der Waals surface area contributed by atoms with E-state index in [1.165, 1.54) is 0 Å². The highest BCUT2D eigenvalue weighted by atomic mass is 16.5. The van der Waals surface area contributed by atoms with E-state index in [0.717, 1.165) is 5.69 Å². The quantitative estimate of drug-likeness (QED) is 0.765. The van der Waals surface area contributed by atoms with E-state index in [9.17, 15) is 4.79 Å². The van der Waals surface area contributed by atoms with Crippen LogP contribution in [0.2, 0.25) is 0 Å². The van der Waals surface area contributed by atoms with Crippen molar-refractivity contribution in [1.29, 1.82) is 0 Å². The molecule has 0 aromatic carbocycles. The van der Waals surface area contributed by atoms with E-state index in [2.05, 4.69) is 0 Å². The fraction of sp³-hybridized carbons (Fsp3) is 0.500. The van der Waals surface area contributed by atoms with Crippen LogP contribution in [0, 0.1) is 0 Å². The lowest BCUT2D eigenvalue weighted by Crippen LogP contribution is -2.07. The van der Waals surface area contributed by atoms with Gasteiger partial charge in [-0.25, -0.2) is 4.79 Å². The lowest BCUT2D eigenvalue weighted by Gasteiger charge is -2.06. The normalized spacial score (nSPS) is 10.5. The Morgan fingerprint density at radius 3 is 2.73 bits per heavy atom. The molecular formula is C10H15NO4. The van der Waals surface area contributed by atoms with Crippen molar-refractivity contribution in [3.05, 3.63) is 23.5 Å². The van der Waals surface area contributed by atoms with Crippen LogP contribution in [0.3, 0.4) is 0 Å². The number of carboxylic acids is 1. The summed E-state index contributed by atoms with van der Waals surface area (Å²) in [6.07, 6.45) is 1.59. The van der Waals surface area contributed by atoms with Gasteiger partial charge in [0.15, 0.2) is 0 Å². The van der Waals surface area contributed by atoms with E-state index in [1.807, 2.05) is 4.57 Å². The van der Waals surface area contributed by atoms with Gasteiger partial charge in [-0.05, 0) is 6.07 Å². The van der Waals surface area contributed by atoms with Crippen LogP contribution in [0.4, 0.5) is 0 Å². The molecule has 15 heavy (non-hydrogen) atoms. The van der Waals surface area contributed by atoms with E-state index in [1.54, 1.807) is 26.5 Å². The molecule has 0 spiro atoms. The standard InChI is InChI=1S/C10H15NO4/c1-14-4-3-11-6-8(10(12)13)5-9(11)7-15-2/h5-6H,3-4,7H2,1-2H3,(H,12,13). The Hall–Kier alpha value is -1.33. The van der Waals surface area contributed by atoms with Crippen molar-refractivity contribution in [2.24, 2.45) is 0 Å². The van der Waals surface area contributed by atoms with Crippen LogP contribution in [0.15, 0.2) is 12.3 Å². The molecule has 1 aromatic heterocycles. The molecule has 0 saturated heterocycles. The third kappa shape index (κ3) is 3.07. The summed E-state index contributed by atoms with van der Waals surface area (Å²) in [5, 5.41) is 8.83. The van der Waals surface area contributed by atoms with Gasteiger partial charge in [0.05, 0.1) is 18.8 Å². The van der Waals surface area contributed by atoms with E-state index in [4.69, 9.17) is 14.6 Å². The minimum absolute atomic E-state index is 0.276. The van der Waals surface area contributed by atoms with E-state index in [-0.39, 0.29) is 5.56 Å². The van der Waals surface area contributed by atoms with Gasteiger partial charge in [-0.1, -0.05) is 0 Å². The molecule has 0 aliphatic carbocycles. The Morgan fingerprint density at radius 2 is 2.20 bits per heavy atom. The number of aromatic nitrogens is 1. The highest BCUT2D eigenvalue weighted by Crippen LogP contribution is 2.10. The molecule has 84 valence electrons. The molecule has 0 amide bonds. The van der Waals surface area contributed by atoms with Crippen LogP contribution in [0.5, 0.6) is 0 Å². The number of hydrogen-bond donors (Lipinski definition) is 1. The molecule has 0 radical (unpaired) electrons. The van der Waals surface area contributed by atoms with Crippen molar-refractivity contribution in [2.45, 2.75) is 13.2 Å². The number of nitrogens with zero attached hydrogens (tertiary/aromatic N) is 1. The zero-order valence-electron chi connectivity index (χ0n) is 8.90. The van der Waals surface area contributed by atoms with E-state index >= 15 is 0 Å². The van der Waals surface area contributed by atoms with Crippen molar-refractivity contribution >= 4 is 5.97 Å². The Balaban J connectivity index is 2.84. The van der Waals surface area contributed by atoms with Crippen LogP contribution in [-0.4, -0.2) is 36.5 Å². The Bertz CT molecular complexity index is 332. The van der Waals surface area contributed by atoms with Crippen LogP contribution in [-0.2, 0) is 22.6 Å². The molecule has 5 nitrogen and oxygen atoms in total. The number of carbonyl (C=O) groups is 1. The number of carboxylic acid groups (broad SMARTS) is 1. The monoisotopic (exact) mass is 213 g/mol. The maximum atomic E-state index is 10.8.